The van der Waals surface area contributed by atoms with Crippen LogP contribution in [0, 0.1) is 17.2 Å². The molecule has 0 radical (unpaired) electrons. The van der Waals surface area contributed by atoms with Crippen LogP contribution >= 0.6 is 12.6 Å². The summed E-state index contributed by atoms with van der Waals surface area (Å²) in [6.45, 7) is 1.26. The summed E-state index contributed by atoms with van der Waals surface area (Å²) < 4.78 is 5.25. The van der Waals surface area contributed by atoms with E-state index in [1.165, 1.54) is 0 Å². The molecule has 1 heterocycles. The molecule has 19 heavy (non-hydrogen) atoms. The van der Waals surface area contributed by atoms with Crippen molar-refractivity contribution in [2.75, 3.05) is 13.1 Å². The fraction of sp³-hybridized carbons (Fsp3) is 0.429. The fourth-order valence-corrected chi connectivity index (χ4v) is 2.32. The highest BCUT2D eigenvalue weighted by Gasteiger charge is 2.30. The molecular formula is C14H16N2O2S. The number of carbonyl (C=O) groups excluding carboxylic acids is 1. The Morgan fingerprint density at radius 1 is 1.47 bits per heavy atom. The number of rotatable bonds is 2. The van der Waals surface area contributed by atoms with Crippen molar-refractivity contribution in [3.8, 4) is 6.07 Å². The molecule has 0 aliphatic carbocycles. The van der Waals surface area contributed by atoms with Gasteiger partial charge in [-0.05, 0) is 12.0 Å². The Morgan fingerprint density at radius 3 is 2.89 bits per heavy atom. The minimum absolute atomic E-state index is 0.0446. The third-order valence-corrected chi connectivity index (χ3v) is 3.82. The number of piperidine rings is 1. The van der Waals surface area contributed by atoms with Crippen molar-refractivity contribution in [3.63, 3.8) is 0 Å². The smallest absolute Gasteiger partial charge is 0.410 e. The zero-order chi connectivity index (χ0) is 13.7. The molecule has 5 heteroatoms. The van der Waals surface area contributed by atoms with E-state index >= 15 is 0 Å². The van der Waals surface area contributed by atoms with E-state index < -0.39 is 0 Å². The molecule has 0 N–H and O–H groups in total. The lowest BCUT2D eigenvalue weighted by Gasteiger charge is -2.32. The number of likely N-dealkylation sites (tertiary alicyclic amines) is 1. The molecule has 1 fully saturated rings. The highest BCUT2D eigenvalue weighted by atomic mass is 32.1. The summed E-state index contributed by atoms with van der Waals surface area (Å²) in [4.78, 5) is 13.5. The first-order chi connectivity index (χ1) is 9.20. The van der Waals surface area contributed by atoms with E-state index in [9.17, 15) is 4.79 Å². The lowest BCUT2D eigenvalue weighted by atomic mass is 9.99. The maximum atomic E-state index is 11.9. The van der Waals surface area contributed by atoms with E-state index in [4.69, 9.17) is 10.00 Å². The molecule has 4 nitrogen and oxygen atoms in total. The van der Waals surface area contributed by atoms with Gasteiger partial charge in [0.05, 0.1) is 12.0 Å². The van der Waals surface area contributed by atoms with E-state index in [1.807, 2.05) is 30.3 Å². The number of hydrogen-bond donors (Lipinski definition) is 1. The van der Waals surface area contributed by atoms with Crippen molar-refractivity contribution in [1.29, 1.82) is 5.26 Å². The molecule has 2 unspecified atom stereocenters. The summed E-state index contributed by atoms with van der Waals surface area (Å²) >= 11 is 4.35. The van der Waals surface area contributed by atoms with E-state index in [0.717, 1.165) is 12.0 Å². The molecule has 1 aromatic carbocycles. The van der Waals surface area contributed by atoms with Crippen LogP contribution in [0.4, 0.5) is 4.79 Å². The van der Waals surface area contributed by atoms with Gasteiger partial charge in [-0.2, -0.15) is 17.9 Å². The van der Waals surface area contributed by atoms with Gasteiger partial charge in [0.25, 0.3) is 0 Å². The van der Waals surface area contributed by atoms with Gasteiger partial charge in [0, 0.05) is 18.3 Å². The van der Waals surface area contributed by atoms with Gasteiger partial charge >= 0.3 is 6.09 Å². The second-order valence-electron chi connectivity index (χ2n) is 4.58. The average molecular weight is 276 g/mol. The Bertz CT molecular complexity index is 472. The molecule has 0 bridgehead atoms. The third kappa shape index (κ3) is 3.65. The summed E-state index contributed by atoms with van der Waals surface area (Å²) in [6.07, 6.45) is 0.367. The van der Waals surface area contributed by atoms with E-state index in [0.29, 0.717) is 13.1 Å². The van der Waals surface area contributed by atoms with Crippen molar-refractivity contribution >= 4 is 18.7 Å². The number of nitrogens with zero attached hydrogens (tertiary/aromatic N) is 2. The normalized spacial score (nSPS) is 22.6. The van der Waals surface area contributed by atoms with Crippen LogP contribution in [0.5, 0.6) is 0 Å². The Balaban J connectivity index is 1.85. The zero-order valence-corrected chi connectivity index (χ0v) is 11.4. The quantitative estimate of drug-likeness (QED) is 0.844. The van der Waals surface area contributed by atoms with Crippen LogP contribution in [0.25, 0.3) is 0 Å². The van der Waals surface area contributed by atoms with Crippen LogP contribution in [0.3, 0.4) is 0 Å². The molecule has 2 atom stereocenters. The van der Waals surface area contributed by atoms with Gasteiger partial charge in [-0.25, -0.2) is 4.79 Å². The topological polar surface area (TPSA) is 53.3 Å². The largest absolute Gasteiger partial charge is 0.445 e. The molecule has 2 rings (SSSR count). The molecule has 0 aromatic heterocycles. The predicted octanol–water partition coefficient (Wildman–Crippen LogP) is 2.47. The minimum atomic E-state index is -0.357. The first kappa shape index (κ1) is 13.8. The van der Waals surface area contributed by atoms with Crippen LogP contribution in [0.15, 0.2) is 30.3 Å². The number of thiol groups is 1. The van der Waals surface area contributed by atoms with Gasteiger partial charge in [0.15, 0.2) is 0 Å². The Labute approximate surface area is 118 Å². The van der Waals surface area contributed by atoms with E-state index in [-0.39, 0.29) is 23.9 Å². The van der Waals surface area contributed by atoms with Crippen LogP contribution in [0.1, 0.15) is 12.0 Å². The molecule has 0 saturated carbocycles. The predicted molar refractivity (Wildman–Crippen MR) is 74.7 cm³/mol. The van der Waals surface area contributed by atoms with Crippen LogP contribution in [-0.4, -0.2) is 29.3 Å². The van der Waals surface area contributed by atoms with E-state index in [2.05, 4.69) is 18.7 Å². The van der Waals surface area contributed by atoms with Gasteiger partial charge in [0.2, 0.25) is 0 Å². The Morgan fingerprint density at radius 2 is 2.21 bits per heavy atom. The molecular weight excluding hydrogens is 260 g/mol. The van der Waals surface area contributed by atoms with Crippen molar-refractivity contribution in [1.82, 2.24) is 4.90 Å². The number of ether oxygens (including phenoxy) is 1. The van der Waals surface area contributed by atoms with Gasteiger partial charge in [-0.3, -0.25) is 0 Å². The fourth-order valence-electron chi connectivity index (χ4n) is 2.04. The van der Waals surface area contributed by atoms with Crippen molar-refractivity contribution < 1.29 is 9.53 Å². The highest BCUT2D eigenvalue weighted by molar-refractivity contribution is 7.81. The molecule has 1 aliphatic heterocycles. The molecule has 0 spiro atoms. The molecule has 1 amide bonds. The molecule has 100 valence electrons. The first-order valence-corrected chi connectivity index (χ1v) is 6.75. The number of benzene rings is 1. The van der Waals surface area contributed by atoms with E-state index in [1.54, 1.807) is 4.90 Å². The van der Waals surface area contributed by atoms with Crippen molar-refractivity contribution in [3.05, 3.63) is 35.9 Å². The van der Waals surface area contributed by atoms with Gasteiger partial charge in [0.1, 0.15) is 6.61 Å². The minimum Gasteiger partial charge on any atom is -0.445 e. The molecule has 1 aliphatic rings. The lowest BCUT2D eigenvalue weighted by Crippen LogP contribution is -2.44. The standard InChI is InChI=1S/C14H16N2O2S/c15-8-12-9-16(7-6-13(12)19)14(17)18-10-11-4-2-1-3-5-11/h1-5,12-13,19H,6-7,9-10H2. The summed E-state index contributed by atoms with van der Waals surface area (Å²) in [5, 5.41) is 9.04. The third-order valence-electron chi connectivity index (χ3n) is 3.21. The van der Waals surface area contributed by atoms with Gasteiger partial charge in [-0.15, -0.1) is 0 Å². The monoisotopic (exact) mass is 276 g/mol. The maximum Gasteiger partial charge on any atom is 0.410 e. The lowest BCUT2D eigenvalue weighted by molar-refractivity contribution is 0.0852. The van der Waals surface area contributed by atoms with Crippen LogP contribution < -0.4 is 0 Å². The molecule has 1 saturated heterocycles. The number of nitriles is 1. The highest BCUT2D eigenvalue weighted by Crippen LogP contribution is 2.22. The van der Waals surface area contributed by atoms with Gasteiger partial charge < -0.3 is 9.64 Å². The van der Waals surface area contributed by atoms with Crippen LogP contribution in [-0.2, 0) is 11.3 Å². The molecule has 1 aromatic rings. The summed E-state index contributed by atoms with van der Waals surface area (Å²) in [6, 6.07) is 11.7. The maximum absolute atomic E-state index is 11.9. The SMILES string of the molecule is N#CC1CN(C(=O)OCc2ccccc2)CCC1S. The van der Waals surface area contributed by atoms with Gasteiger partial charge in [-0.1, -0.05) is 30.3 Å². The second-order valence-corrected chi connectivity index (χ2v) is 5.24. The second kappa shape index (κ2) is 6.48. The van der Waals surface area contributed by atoms with Crippen molar-refractivity contribution in [2.24, 2.45) is 5.92 Å². The summed E-state index contributed by atoms with van der Waals surface area (Å²) in [5.74, 6) is -0.221. The van der Waals surface area contributed by atoms with Crippen LogP contribution in [0.2, 0.25) is 0 Å². The Kier molecular flexibility index (Phi) is 4.69. The summed E-state index contributed by atoms with van der Waals surface area (Å²) in [7, 11) is 0. The zero-order valence-electron chi connectivity index (χ0n) is 10.5. The van der Waals surface area contributed by atoms with Crippen molar-refractivity contribution in [2.45, 2.75) is 18.3 Å². The summed E-state index contributed by atoms with van der Waals surface area (Å²) in [5.41, 5.74) is 0.955. The number of carbonyl (C=O) groups is 1. The first-order valence-electron chi connectivity index (χ1n) is 6.24. The number of amides is 1. The average Bonchev–Trinajstić information content (AvgIpc) is 2.46. The Hall–Kier alpha value is -1.67. The number of hydrogen-bond acceptors (Lipinski definition) is 4.